The molecule has 0 radical (unpaired) electrons. The fourth-order valence-electron chi connectivity index (χ4n) is 2.66. The molecule has 4 nitrogen and oxygen atoms in total. The van der Waals surface area contributed by atoms with Gasteiger partial charge in [0.1, 0.15) is 23.9 Å². The molecule has 0 unspecified atom stereocenters. The quantitative estimate of drug-likeness (QED) is 0.155. The van der Waals surface area contributed by atoms with Crippen molar-refractivity contribution >= 4 is 11.9 Å². The number of hydrogen-bond acceptors (Lipinski definition) is 4. The number of ketones is 1. The van der Waals surface area contributed by atoms with Crippen LogP contribution in [0.3, 0.4) is 0 Å². The second-order valence-corrected chi connectivity index (χ2v) is 6.96. The summed E-state index contributed by atoms with van der Waals surface area (Å²) in [6, 6.07) is 12.9. The van der Waals surface area contributed by atoms with E-state index in [4.69, 9.17) is 14.2 Å². The Hall–Kier alpha value is -3.01. The molecule has 4 heteroatoms. The van der Waals surface area contributed by atoms with Crippen LogP contribution in [0.15, 0.2) is 61.2 Å². The number of hydrogen-bond donors (Lipinski definition) is 0. The van der Waals surface area contributed by atoms with E-state index in [1.54, 1.807) is 42.5 Å². The van der Waals surface area contributed by atoms with Crippen molar-refractivity contribution in [2.24, 2.45) is 0 Å². The van der Waals surface area contributed by atoms with Crippen LogP contribution in [0.25, 0.3) is 6.08 Å². The zero-order valence-corrected chi connectivity index (χ0v) is 18.1. The number of benzene rings is 2. The van der Waals surface area contributed by atoms with Gasteiger partial charge in [-0.2, -0.15) is 0 Å². The second-order valence-electron chi connectivity index (χ2n) is 6.96. The molecule has 0 fully saturated rings. The van der Waals surface area contributed by atoms with Gasteiger partial charge in [0.05, 0.1) is 13.2 Å². The molecule has 30 heavy (non-hydrogen) atoms. The molecular weight excluding hydrogens is 376 g/mol. The van der Waals surface area contributed by atoms with E-state index in [0.29, 0.717) is 31.1 Å². The van der Waals surface area contributed by atoms with Crippen molar-refractivity contribution in [3.05, 3.63) is 72.3 Å². The molecule has 0 aliphatic carbocycles. The summed E-state index contributed by atoms with van der Waals surface area (Å²) in [6.45, 7) is 9.65. The normalized spacial score (nSPS) is 10.7. The molecule has 0 atom stereocenters. The van der Waals surface area contributed by atoms with E-state index in [1.807, 2.05) is 18.2 Å². The Morgan fingerprint density at radius 1 is 0.867 bits per heavy atom. The predicted octanol–water partition coefficient (Wildman–Crippen LogP) is 6.51. The van der Waals surface area contributed by atoms with Gasteiger partial charge >= 0.3 is 0 Å². The minimum absolute atomic E-state index is 0.0731. The third-order valence-electron chi connectivity index (χ3n) is 4.37. The molecule has 0 heterocycles. The number of ether oxygens (including phenoxy) is 3. The van der Waals surface area contributed by atoms with Crippen LogP contribution in [0.2, 0.25) is 0 Å². The number of allylic oxidation sites excluding steroid dienone is 1. The van der Waals surface area contributed by atoms with Gasteiger partial charge in [0.2, 0.25) is 0 Å². The lowest BCUT2D eigenvalue weighted by atomic mass is 10.1. The van der Waals surface area contributed by atoms with Crippen molar-refractivity contribution in [2.75, 3.05) is 19.8 Å². The molecule has 0 saturated carbocycles. The first kappa shape index (κ1) is 23.3. The van der Waals surface area contributed by atoms with Gasteiger partial charge in [-0.15, -0.1) is 0 Å². The van der Waals surface area contributed by atoms with Crippen molar-refractivity contribution in [1.29, 1.82) is 0 Å². The Balaban J connectivity index is 2.10. The lowest BCUT2D eigenvalue weighted by Gasteiger charge is -2.11. The molecule has 0 aliphatic heterocycles. The van der Waals surface area contributed by atoms with Crippen molar-refractivity contribution in [1.82, 2.24) is 0 Å². The second kappa shape index (κ2) is 13.3. The predicted molar refractivity (Wildman–Crippen MR) is 123 cm³/mol. The molecule has 2 aromatic rings. The highest BCUT2D eigenvalue weighted by Gasteiger charge is 2.05. The summed E-state index contributed by atoms with van der Waals surface area (Å²) in [5, 5.41) is 0. The third kappa shape index (κ3) is 8.16. The first-order valence-corrected chi connectivity index (χ1v) is 10.6. The highest BCUT2D eigenvalue weighted by molar-refractivity contribution is 6.06. The molecule has 0 N–H and O–H groups in total. The van der Waals surface area contributed by atoms with Crippen LogP contribution in [0.1, 0.15) is 55.5 Å². The molecule has 2 rings (SSSR count). The molecular formula is C26H32O4. The largest absolute Gasteiger partial charge is 0.493 e. The average molecular weight is 409 g/mol. The molecule has 0 aliphatic rings. The molecule has 0 bridgehead atoms. The van der Waals surface area contributed by atoms with E-state index in [0.717, 1.165) is 42.7 Å². The molecule has 0 aromatic heterocycles. The number of unbranched alkanes of at least 4 members (excludes halogenated alkanes) is 2. The maximum Gasteiger partial charge on any atom is 0.185 e. The standard InChI is InChI=1S/C26H32O4/c1-4-7-16-29-24-18-21(19-25(20-24)30-17-8-5-2)9-14-26(27)22-10-12-23(13-11-22)28-15-6-3/h6,9-14,18-20H,3-5,7-8,15-17H2,1-2H3/b14-9+. The summed E-state index contributed by atoms with van der Waals surface area (Å²) in [6.07, 6.45) is 9.19. The molecule has 2 aromatic carbocycles. The van der Waals surface area contributed by atoms with Crippen molar-refractivity contribution in [3.63, 3.8) is 0 Å². The van der Waals surface area contributed by atoms with E-state index in [1.165, 1.54) is 0 Å². The minimum Gasteiger partial charge on any atom is -0.493 e. The highest BCUT2D eigenvalue weighted by atomic mass is 16.5. The van der Waals surface area contributed by atoms with E-state index in [9.17, 15) is 4.79 Å². The van der Waals surface area contributed by atoms with E-state index >= 15 is 0 Å². The van der Waals surface area contributed by atoms with Crippen LogP contribution >= 0.6 is 0 Å². The van der Waals surface area contributed by atoms with Crippen molar-refractivity contribution < 1.29 is 19.0 Å². The summed E-state index contributed by atoms with van der Waals surface area (Å²) < 4.78 is 17.2. The maximum atomic E-state index is 12.5. The van der Waals surface area contributed by atoms with Crippen LogP contribution in [0, 0.1) is 0 Å². The van der Waals surface area contributed by atoms with Gasteiger partial charge < -0.3 is 14.2 Å². The minimum atomic E-state index is -0.0731. The van der Waals surface area contributed by atoms with Crippen LogP contribution in [-0.2, 0) is 0 Å². The highest BCUT2D eigenvalue weighted by Crippen LogP contribution is 2.25. The van der Waals surface area contributed by atoms with E-state index in [-0.39, 0.29) is 5.78 Å². The van der Waals surface area contributed by atoms with E-state index in [2.05, 4.69) is 20.4 Å². The number of rotatable bonds is 14. The zero-order valence-electron chi connectivity index (χ0n) is 18.1. The number of carbonyl (C=O) groups excluding carboxylic acids is 1. The van der Waals surface area contributed by atoms with Crippen molar-refractivity contribution in [2.45, 2.75) is 39.5 Å². The van der Waals surface area contributed by atoms with Gasteiger partial charge in [-0.1, -0.05) is 45.4 Å². The summed E-state index contributed by atoms with van der Waals surface area (Å²) in [5.41, 5.74) is 1.47. The van der Waals surface area contributed by atoms with Crippen LogP contribution in [-0.4, -0.2) is 25.6 Å². The molecule has 0 amide bonds. The lowest BCUT2D eigenvalue weighted by molar-refractivity contribution is 0.104. The van der Waals surface area contributed by atoms with Gasteiger partial charge in [0.25, 0.3) is 0 Å². The molecule has 0 saturated heterocycles. The molecule has 160 valence electrons. The SMILES string of the molecule is C=CCOc1ccc(C(=O)/C=C/c2cc(OCCCC)cc(OCCCC)c2)cc1. The lowest BCUT2D eigenvalue weighted by Crippen LogP contribution is -2.00. The Morgan fingerprint density at radius 3 is 2.00 bits per heavy atom. The van der Waals surface area contributed by atoms with Gasteiger partial charge in [-0.3, -0.25) is 4.79 Å². The average Bonchev–Trinajstić information content (AvgIpc) is 2.77. The maximum absolute atomic E-state index is 12.5. The molecule has 0 spiro atoms. The van der Waals surface area contributed by atoms with Gasteiger partial charge in [-0.25, -0.2) is 0 Å². The third-order valence-corrected chi connectivity index (χ3v) is 4.37. The van der Waals surface area contributed by atoms with Crippen LogP contribution < -0.4 is 14.2 Å². The summed E-state index contributed by atoms with van der Waals surface area (Å²) in [4.78, 5) is 12.5. The summed E-state index contributed by atoms with van der Waals surface area (Å²) >= 11 is 0. The fourth-order valence-corrected chi connectivity index (χ4v) is 2.66. The van der Waals surface area contributed by atoms with Crippen molar-refractivity contribution in [3.8, 4) is 17.2 Å². The van der Waals surface area contributed by atoms with E-state index < -0.39 is 0 Å². The monoisotopic (exact) mass is 408 g/mol. The summed E-state index contributed by atoms with van der Waals surface area (Å²) in [5.74, 6) is 2.15. The Labute approximate surface area is 180 Å². The first-order valence-electron chi connectivity index (χ1n) is 10.6. The Kier molecular flexibility index (Phi) is 10.3. The van der Waals surface area contributed by atoms with Gasteiger partial charge in [-0.05, 0) is 60.9 Å². The zero-order chi connectivity index (χ0) is 21.6. The van der Waals surface area contributed by atoms with Crippen LogP contribution in [0.5, 0.6) is 17.2 Å². The van der Waals surface area contributed by atoms with Crippen LogP contribution in [0.4, 0.5) is 0 Å². The number of carbonyl (C=O) groups is 1. The topological polar surface area (TPSA) is 44.8 Å². The first-order chi connectivity index (χ1) is 14.7. The Bertz CT molecular complexity index is 793. The Morgan fingerprint density at radius 2 is 1.47 bits per heavy atom. The van der Waals surface area contributed by atoms with Gasteiger partial charge in [0, 0.05) is 11.6 Å². The fraction of sp³-hybridized carbons (Fsp3) is 0.346. The van der Waals surface area contributed by atoms with Gasteiger partial charge in [0.15, 0.2) is 5.78 Å². The summed E-state index contributed by atoms with van der Waals surface area (Å²) in [7, 11) is 0. The smallest absolute Gasteiger partial charge is 0.185 e.